The lowest BCUT2D eigenvalue weighted by Gasteiger charge is -2.40. The normalized spacial score (nSPS) is 22.2. The highest BCUT2D eigenvalue weighted by Gasteiger charge is 2.22. The molecule has 0 bridgehead atoms. The van der Waals surface area contributed by atoms with Crippen LogP contribution in [0.3, 0.4) is 0 Å². The quantitative estimate of drug-likeness (QED) is 0.691. The Morgan fingerprint density at radius 3 is 1.87 bits per heavy atom. The predicted molar refractivity (Wildman–Crippen MR) is 67.3 cm³/mol. The first-order chi connectivity index (χ1) is 7.19. The molecule has 0 amide bonds. The molecule has 1 rings (SSSR count). The van der Waals surface area contributed by atoms with Gasteiger partial charge in [-0.3, -0.25) is 9.80 Å². The zero-order chi connectivity index (χ0) is 11.3. The SMILES string of the molecule is CCCC(CC)N1CCN(C(C)C)CC1. The molecule has 2 nitrogen and oxygen atoms in total. The van der Waals surface area contributed by atoms with Gasteiger partial charge in [0, 0.05) is 38.3 Å². The molecule has 0 spiro atoms. The fourth-order valence-corrected chi connectivity index (χ4v) is 2.60. The van der Waals surface area contributed by atoms with Gasteiger partial charge in [0.25, 0.3) is 0 Å². The summed E-state index contributed by atoms with van der Waals surface area (Å²) in [5.74, 6) is 0. The third-order valence-electron chi connectivity index (χ3n) is 3.69. The Morgan fingerprint density at radius 2 is 1.47 bits per heavy atom. The number of piperazine rings is 1. The Kier molecular flexibility index (Phi) is 5.62. The third-order valence-corrected chi connectivity index (χ3v) is 3.69. The second-order valence-corrected chi connectivity index (χ2v) is 5.02. The molecule has 0 saturated carbocycles. The van der Waals surface area contributed by atoms with E-state index in [4.69, 9.17) is 0 Å². The van der Waals surface area contributed by atoms with Gasteiger partial charge in [-0.15, -0.1) is 0 Å². The van der Waals surface area contributed by atoms with Crippen molar-refractivity contribution in [3.05, 3.63) is 0 Å². The Labute approximate surface area is 95.6 Å². The summed E-state index contributed by atoms with van der Waals surface area (Å²) in [5.41, 5.74) is 0. The van der Waals surface area contributed by atoms with Gasteiger partial charge in [-0.25, -0.2) is 0 Å². The standard InChI is InChI=1S/C13H28N2/c1-5-7-13(6-2)15-10-8-14(9-11-15)12(3)4/h12-13H,5-11H2,1-4H3. The van der Waals surface area contributed by atoms with Crippen LogP contribution in [-0.2, 0) is 0 Å². The summed E-state index contributed by atoms with van der Waals surface area (Å²) in [6.45, 7) is 14.3. The lowest BCUT2D eigenvalue weighted by Crippen LogP contribution is -2.51. The molecule has 1 unspecified atom stereocenters. The Bertz CT molecular complexity index is 160. The van der Waals surface area contributed by atoms with Crippen molar-refractivity contribution in [1.82, 2.24) is 9.80 Å². The van der Waals surface area contributed by atoms with Crippen molar-refractivity contribution in [2.45, 2.75) is 59.0 Å². The fraction of sp³-hybridized carbons (Fsp3) is 1.00. The lowest BCUT2D eigenvalue weighted by molar-refractivity contribution is 0.0732. The van der Waals surface area contributed by atoms with Crippen LogP contribution in [0.1, 0.15) is 47.0 Å². The smallest absolute Gasteiger partial charge is 0.0113 e. The van der Waals surface area contributed by atoms with Gasteiger partial charge in [0.2, 0.25) is 0 Å². The van der Waals surface area contributed by atoms with Gasteiger partial charge in [0.1, 0.15) is 0 Å². The first-order valence-electron chi connectivity index (χ1n) is 6.67. The molecule has 1 heterocycles. The molecular formula is C13H28N2. The maximum atomic E-state index is 2.70. The second-order valence-electron chi connectivity index (χ2n) is 5.02. The van der Waals surface area contributed by atoms with Crippen LogP contribution < -0.4 is 0 Å². The fourth-order valence-electron chi connectivity index (χ4n) is 2.60. The first kappa shape index (κ1) is 13.0. The minimum atomic E-state index is 0.721. The van der Waals surface area contributed by atoms with Crippen molar-refractivity contribution < 1.29 is 0 Å². The van der Waals surface area contributed by atoms with E-state index in [0.29, 0.717) is 0 Å². The molecule has 1 fully saturated rings. The molecule has 0 N–H and O–H groups in total. The summed E-state index contributed by atoms with van der Waals surface area (Å²) in [7, 11) is 0. The van der Waals surface area contributed by atoms with E-state index in [1.165, 1.54) is 45.4 Å². The van der Waals surface area contributed by atoms with Gasteiger partial charge in [0.15, 0.2) is 0 Å². The van der Waals surface area contributed by atoms with Gasteiger partial charge >= 0.3 is 0 Å². The molecule has 1 aliphatic rings. The van der Waals surface area contributed by atoms with E-state index in [0.717, 1.165) is 12.1 Å². The van der Waals surface area contributed by atoms with Crippen molar-refractivity contribution in [3.8, 4) is 0 Å². The van der Waals surface area contributed by atoms with Crippen LogP contribution in [0.15, 0.2) is 0 Å². The molecule has 90 valence electrons. The molecule has 1 atom stereocenters. The van der Waals surface area contributed by atoms with E-state index in [1.807, 2.05) is 0 Å². The molecule has 0 radical (unpaired) electrons. The molecular weight excluding hydrogens is 184 g/mol. The highest BCUT2D eigenvalue weighted by atomic mass is 15.3. The first-order valence-corrected chi connectivity index (χ1v) is 6.67. The van der Waals surface area contributed by atoms with E-state index in [9.17, 15) is 0 Å². The zero-order valence-electron chi connectivity index (χ0n) is 11.0. The van der Waals surface area contributed by atoms with E-state index in [2.05, 4.69) is 37.5 Å². The van der Waals surface area contributed by atoms with Crippen molar-refractivity contribution in [3.63, 3.8) is 0 Å². The molecule has 1 saturated heterocycles. The molecule has 0 aromatic heterocycles. The average molecular weight is 212 g/mol. The van der Waals surface area contributed by atoms with Crippen molar-refractivity contribution in [2.24, 2.45) is 0 Å². The van der Waals surface area contributed by atoms with Crippen molar-refractivity contribution in [2.75, 3.05) is 26.2 Å². The van der Waals surface area contributed by atoms with E-state index >= 15 is 0 Å². The van der Waals surface area contributed by atoms with E-state index < -0.39 is 0 Å². The number of hydrogen-bond acceptors (Lipinski definition) is 2. The van der Waals surface area contributed by atoms with Crippen LogP contribution in [0.25, 0.3) is 0 Å². The molecule has 2 heteroatoms. The monoisotopic (exact) mass is 212 g/mol. The summed E-state index contributed by atoms with van der Waals surface area (Å²) >= 11 is 0. The largest absolute Gasteiger partial charge is 0.298 e. The van der Waals surface area contributed by atoms with Gasteiger partial charge < -0.3 is 0 Å². The maximum absolute atomic E-state index is 2.70. The van der Waals surface area contributed by atoms with Crippen molar-refractivity contribution in [1.29, 1.82) is 0 Å². The molecule has 15 heavy (non-hydrogen) atoms. The Balaban J connectivity index is 2.35. The Hall–Kier alpha value is -0.0800. The van der Waals surface area contributed by atoms with E-state index in [1.54, 1.807) is 0 Å². The van der Waals surface area contributed by atoms with Crippen LogP contribution in [0.2, 0.25) is 0 Å². The molecule has 0 aromatic carbocycles. The molecule has 1 aliphatic heterocycles. The third kappa shape index (κ3) is 3.76. The van der Waals surface area contributed by atoms with Crippen LogP contribution in [-0.4, -0.2) is 48.1 Å². The zero-order valence-corrected chi connectivity index (χ0v) is 11.0. The van der Waals surface area contributed by atoms with Gasteiger partial charge in [-0.1, -0.05) is 20.3 Å². The van der Waals surface area contributed by atoms with Crippen LogP contribution >= 0.6 is 0 Å². The van der Waals surface area contributed by atoms with Crippen LogP contribution in [0, 0.1) is 0 Å². The minimum Gasteiger partial charge on any atom is -0.298 e. The molecule has 0 aliphatic carbocycles. The predicted octanol–water partition coefficient (Wildman–Crippen LogP) is 2.59. The highest BCUT2D eigenvalue weighted by molar-refractivity contribution is 4.79. The minimum absolute atomic E-state index is 0.721. The number of hydrogen-bond donors (Lipinski definition) is 0. The summed E-state index contributed by atoms with van der Waals surface area (Å²) in [6, 6.07) is 1.56. The van der Waals surface area contributed by atoms with Crippen LogP contribution in [0.4, 0.5) is 0 Å². The second kappa shape index (κ2) is 6.49. The van der Waals surface area contributed by atoms with Gasteiger partial charge in [-0.2, -0.15) is 0 Å². The summed E-state index contributed by atoms with van der Waals surface area (Å²) in [4.78, 5) is 5.29. The van der Waals surface area contributed by atoms with Gasteiger partial charge in [-0.05, 0) is 26.7 Å². The number of rotatable bonds is 5. The van der Waals surface area contributed by atoms with Crippen LogP contribution in [0.5, 0.6) is 0 Å². The Morgan fingerprint density at radius 1 is 0.933 bits per heavy atom. The van der Waals surface area contributed by atoms with Crippen molar-refractivity contribution >= 4 is 0 Å². The molecule has 0 aromatic rings. The topological polar surface area (TPSA) is 6.48 Å². The lowest BCUT2D eigenvalue weighted by atomic mass is 10.1. The highest BCUT2D eigenvalue weighted by Crippen LogP contribution is 2.14. The number of nitrogens with zero attached hydrogens (tertiary/aromatic N) is 2. The van der Waals surface area contributed by atoms with Gasteiger partial charge in [0.05, 0.1) is 0 Å². The van der Waals surface area contributed by atoms with E-state index in [-0.39, 0.29) is 0 Å². The maximum Gasteiger partial charge on any atom is 0.0113 e. The summed E-state index contributed by atoms with van der Waals surface area (Å²) < 4.78 is 0. The average Bonchev–Trinajstić information content (AvgIpc) is 2.26. The summed E-state index contributed by atoms with van der Waals surface area (Å²) in [5, 5.41) is 0. The summed E-state index contributed by atoms with van der Waals surface area (Å²) in [6.07, 6.45) is 4.01.